The molecule has 0 amide bonds. The summed E-state index contributed by atoms with van der Waals surface area (Å²) < 4.78 is 0. The van der Waals surface area contributed by atoms with E-state index in [-0.39, 0.29) is 5.78 Å². The van der Waals surface area contributed by atoms with Crippen LogP contribution in [0.2, 0.25) is 0 Å². The number of carbonyl (C=O) groups is 1. The van der Waals surface area contributed by atoms with Gasteiger partial charge in [-0.2, -0.15) is 0 Å². The largest absolute Gasteiger partial charge is 0.399 e. The molecule has 0 saturated carbocycles. The molecule has 1 aromatic carbocycles. The molecule has 3 N–H and O–H groups in total. The molecule has 0 aliphatic carbocycles. The minimum atomic E-state index is 0.108. The van der Waals surface area contributed by atoms with Crippen molar-refractivity contribution in [2.24, 2.45) is 0 Å². The van der Waals surface area contributed by atoms with Crippen molar-refractivity contribution in [2.45, 2.75) is 25.7 Å². The van der Waals surface area contributed by atoms with Gasteiger partial charge >= 0.3 is 0 Å². The van der Waals surface area contributed by atoms with Gasteiger partial charge in [0, 0.05) is 11.3 Å². The summed E-state index contributed by atoms with van der Waals surface area (Å²) in [6.07, 6.45) is 5.04. The number of ketones is 1. The van der Waals surface area contributed by atoms with E-state index in [0.29, 0.717) is 17.8 Å². The summed E-state index contributed by atoms with van der Waals surface area (Å²) in [6.45, 7) is 5.03. The molecule has 1 aliphatic heterocycles. The zero-order chi connectivity index (χ0) is 14.2. The molecular formula is C16H25N3O. The molecule has 1 aromatic rings. The maximum absolute atomic E-state index is 11.9. The second-order valence-electron chi connectivity index (χ2n) is 5.48. The molecule has 0 aromatic heterocycles. The van der Waals surface area contributed by atoms with Gasteiger partial charge in [-0.1, -0.05) is 12.1 Å². The Bertz CT molecular complexity index is 427. The summed E-state index contributed by atoms with van der Waals surface area (Å²) in [5.41, 5.74) is 7.00. The van der Waals surface area contributed by atoms with Crippen LogP contribution in [0, 0.1) is 0 Å². The van der Waals surface area contributed by atoms with Gasteiger partial charge in [0.25, 0.3) is 0 Å². The summed E-state index contributed by atoms with van der Waals surface area (Å²) in [7, 11) is 0. The van der Waals surface area contributed by atoms with Crippen LogP contribution in [-0.4, -0.2) is 43.4 Å². The number of unbranched alkanes of at least 4 members (excludes halogenated alkanes) is 1. The van der Waals surface area contributed by atoms with Crippen molar-refractivity contribution in [3.63, 3.8) is 0 Å². The van der Waals surface area contributed by atoms with Crippen LogP contribution in [0.3, 0.4) is 0 Å². The molecule has 1 heterocycles. The first-order chi connectivity index (χ1) is 9.75. The van der Waals surface area contributed by atoms with E-state index in [1.807, 2.05) is 12.1 Å². The Hall–Kier alpha value is -1.39. The lowest BCUT2D eigenvalue weighted by molar-refractivity contribution is 0.0991. The van der Waals surface area contributed by atoms with Gasteiger partial charge in [-0.3, -0.25) is 4.79 Å². The summed E-state index contributed by atoms with van der Waals surface area (Å²) in [5, 5.41) is 3.22. The number of nitrogen functional groups attached to an aromatic ring is 1. The number of anilines is 1. The fraction of sp³-hybridized carbons (Fsp3) is 0.562. The van der Waals surface area contributed by atoms with Crippen molar-refractivity contribution < 1.29 is 4.79 Å². The number of nitrogens with two attached hydrogens (primary N) is 1. The third-order valence-corrected chi connectivity index (χ3v) is 3.77. The fourth-order valence-electron chi connectivity index (χ4n) is 2.61. The van der Waals surface area contributed by atoms with Gasteiger partial charge in [-0.15, -0.1) is 0 Å². The number of hydrogen-bond donors (Lipinski definition) is 2. The third kappa shape index (κ3) is 4.94. The van der Waals surface area contributed by atoms with E-state index in [4.69, 9.17) is 5.73 Å². The van der Waals surface area contributed by atoms with E-state index in [1.54, 1.807) is 12.1 Å². The van der Waals surface area contributed by atoms with Gasteiger partial charge in [-0.25, -0.2) is 0 Å². The molecule has 0 radical (unpaired) electrons. The van der Waals surface area contributed by atoms with Crippen LogP contribution in [0.5, 0.6) is 0 Å². The highest BCUT2D eigenvalue weighted by atomic mass is 16.1. The van der Waals surface area contributed by atoms with Crippen LogP contribution in [-0.2, 0) is 0 Å². The standard InChI is InChI=1S/C16H25N3O/c17-15-7-5-6-14(12-15)16(20)13-18-8-1-2-9-19-10-3-4-11-19/h5-7,12,18H,1-4,8-11,13,17H2. The molecule has 4 nitrogen and oxygen atoms in total. The van der Waals surface area contributed by atoms with Gasteiger partial charge in [0.1, 0.15) is 0 Å². The molecule has 1 fully saturated rings. The molecule has 0 atom stereocenters. The van der Waals surface area contributed by atoms with Crippen LogP contribution in [0.4, 0.5) is 5.69 Å². The molecule has 110 valence electrons. The van der Waals surface area contributed by atoms with Gasteiger partial charge in [0.15, 0.2) is 5.78 Å². The monoisotopic (exact) mass is 275 g/mol. The third-order valence-electron chi connectivity index (χ3n) is 3.77. The topological polar surface area (TPSA) is 58.4 Å². The number of hydrogen-bond acceptors (Lipinski definition) is 4. The number of benzene rings is 1. The normalized spacial score (nSPS) is 15.6. The lowest BCUT2D eigenvalue weighted by Gasteiger charge is -2.13. The zero-order valence-electron chi connectivity index (χ0n) is 12.1. The Morgan fingerprint density at radius 1 is 1.25 bits per heavy atom. The quantitative estimate of drug-likeness (QED) is 0.432. The van der Waals surface area contributed by atoms with E-state index in [0.717, 1.165) is 13.0 Å². The minimum absolute atomic E-state index is 0.108. The molecule has 20 heavy (non-hydrogen) atoms. The highest BCUT2D eigenvalue weighted by Gasteiger charge is 2.10. The highest BCUT2D eigenvalue weighted by molar-refractivity contribution is 5.98. The number of Topliss-reactive ketones (excluding diaryl/α,β-unsaturated/α-hetero) is 1. The van der Waals surface area contributed by atoms with E-state index in [9.17, 15) is 4.79 Å². The molecule has 0 unspecified atom stereocenters. The Morgan fingerprint density at radius 3 is 2.80 bits per heavy atom. The van der Waals surface area contributed by atoms with Crippen molar-refractivity contribution >= 4 is 11.5 Å². The SMILES string of the molecule is Nc1cccc(C(=O)CNCCCCN2CCCC2)c1. The maximum Gasteiger partial charge on any atom is 0.176 e. The van der Waals surface area contributed by atoms with Gasteiger partial charge in [0.05, 0.1) is 6.54 Å². The molecular weight excluding hydrogens is 250 g/mol. The van der Waals surface area contributed by atoms with Gasteiger partial charge in [0.2, 0.25) is 0 Å². The molecule has 0 bridgehead atoms. The first kappa shape index (κ1) is 15.0. The molecule has 1 saturated heterocycles. The number of likely N-dealkylation sites (tertiary alicyclic amines) is 1. The van der Waals surface area contributed by atoms with Crippen LogP contribution in [0.25, 0.3) is 0 Å². The summed E-state index contributed by atoms with van der Waals surface area (Å²) >= 11 is 0. The Kier molecular flexibility index (Phi) is 6.02. The van der Waals surface area contributed by atoms with Crippen LogP contribution in [0.1, 0.15) is 36.0 Å². The van der Waals surface area contributed by atoms with Crippen molar-refractivity contribution in [1.82, 2.24) is 10.2 Å². The van der Waals surface area contributed by atoms with E-state index >= 15 is 0 Å². The average molecular weight is 275 g/mol. The first-order valence-electron chi connectivity index (χ1n) is 7.57. The van der Waals surface area contributed by atoms with Crippen LogP contribution >= 0.6 is 0 Å². The second kappa shape index (κ2) is 8.02. The molecule has 0 spiro atoms. The Balaban J connectivity index is 1.55. The number of nitrogens with zero attached hydrogens (tertiary/aromatic N) is 1. The molecule has 4 heteroatoms. The van der Waals surface area contributed by atoms with Crippen molar-refractivity contribution in [3.05, 3.63) is 29.8 Å². The van der Waals surface area contributed by atoms with E-state index < -0.39 is 0 Å². The first-order valence-corrected chi connectivity index (χ1v) is 7.57. The predicted molar refractivity (Wildman–Crippen MR) is 83.0 cm³/mol. The number of rotatable bonds is 8. The second-order valence-corrected chi connectivity index (χ2v) is 5.48. The summed E-state index contributed by atoms with van der Waals surface area (Å²) in [4.78, 5) is 14.4. The average Bonchev–Trinajstić information content (AvgIpc) is 2.95. The van der Waals surface area contributed by atoms with Crippen molar-refractivity contribution in [2.75, 3.05) is 38.5 Å². The highest BCUT2D eigenvalue weighted by Crippen LogP contribution is 2.08. The predicted octanol–water partition coefficient (Wildman–Crippen LogP) is 1.92. The zero-order valence-corrected chi connectivity index (χ0v) is 12.1. The molecule has 1 aliphatic rings. The number of nitrogens with one attached hydrogen (secondary N) is 1. The smallest absolute Gasteiger partial charge is 0.176 e. The van der Waals surface area contributed by atoms with Gasteiger partial charge in [-0.05, 0) is 64.0 Å². The molecule has 2 rings (SSSR count). The van der Waals surface area contributed by atoms with Gasteiger partial charge < -0.3 is 16.0 Å². The fourth-order valence-corrected chi connectivity index (χ4v) is 2.61. The summed E-state index contributed by atoms with van der Waals surface area (Å²) in [5.74, 6) is 0.108. The van der Waals surface area contributed by atoms with E-state index in [1.165, 1.54) is 38.9 Å². The lowest BCUT2D eigenvalue weighted by Crippen LogP contribution is -2.25. The van der Waals surface area contributed by atoms with Crippen molar-refractivity contribution in [1.29, 1.82) is 0 Å². The Labute approximate surface area is 121 Å². The summed E-state index contributed by atoms with van der Waals surface area (Å²) in [6, 6.07) is 7.16. The van der Waals surface area contributed by atoms with Crippen molar-refractivity contribution in [3.8, 4) is 0 Å². The number of carbonyl (C=O) groups excluding carboxylic acids is 1. The minimum Gasteiger partial charge on any atom is -0.399 e. The van der Waals surface area contributed by atoms with Crippen LogP contribution in [0.15, 0.2) is 24.3 Å². The lowest BCUT2D eigenvalue weighted by atomic mass is 10.1. The van der Waals surface area contributed by atoms with Crippen LogP contribution < -0.4 is 11.1 Å². The Morgan fingerprint density at radius 2 is 2.05 bits per heavy atom. The van der Waals surface area contributed by atoms with E-state index in [2.05, 4.69) is 10.2 Å². The maximum atomic E-state index is 11.9.